The van der Waals surface area contributed by atoms with Gasteiger partial charge in [-0.2, -0.15) is 0 Å². The highest BCUT2D eigenvalue weighted by Crippen LogP contribution is 2.36. The number of carbonyl (C=O) groups excluding carboxylic acids is 1. The van der Waals surface area contributed by atoms with Crippen molar-refractivity contribution in [3.05, 3.63) is 0 Å². The van der Waals surface area contributed by atoms with E-state index in [1.807, 2.05) is 27.7 Å². The highest BCUT2D eigenvalue weighted by Gasteiger charge is 2.36. The largest absolute Gasteiger partial charge is 0.460 e. The Kier molecular flexibility index (Phi) is 6.63. The van der Waals surface area contributed by atoms with Crippen LogP contribution >= 0.6 is 0 Å². The molecule has 5 nitrogen and oxygen atoms in total. The van der Waals surface area contributed by atoms with Crippen LogP contribution in [0.4, 0.5) is 0 Å². The molecule has 0 amide bonds. The van der Waals surface area contributed by atoms with Gasteiger partial charge in [-0.3, -0.25) is 4.79 Å². The molecule has 0 saturated heterocycles. The van der Waals surface area contributed by atoms with Gasteiger partial charge in [0.25, 0.3) is 0 Å². The molecule has 1 aliphatic rings. The predicted octanol–water partition coefficient (Wildman–Crippen LogP) is 2.35. The summed E-state index contributed by atoms with van der Waals surface area (Å²) in [6.45, 7) is 7.93. The number of hydrogen-bond acceptors (Lipinski definition) is 5. The highest BCUT2D eigenvalue weighted by atomic mass is 16.6. The van der Waals surface area contributed by atoms with Crippen LogP contribution in [0.5, 0.6) is 0 Å². The molecule has 0 aliphatic heterocycles. The van der Waals surface area contributed by atoms with Gasteiger partial charge in [0.2, 0.25) is 0 Å². The van der Waals surface area contributed by atoms with Crippen molar-refractivity contribution in [1.82, 2.24) is 0 Å². The molecular formula is C16H31NO4. The Morgan fingerprint density at radius 1 is 1.48 bits per heavy atom. The Balaban J connectivity index is 2.49. The van der Waals surface area contributed by atoms with Gasteiger partial charge in [-0.1, -0.05) is 6.42 Å². The van der Waals surface area contributed by atoms with Crippen molar-refractivity contribution in [3.63, 3.8) is 0 Å². The molecule has 124 valence electrons. The van der Waals surface area contributed by atoms with Crippen LogP contribution in [0.3, 0.4) is 0 Å². The van der Waals surface area contributed by atoms with E-state index in [1.165, 1.54) is 0 Å². The van der Waals surface area contributed by atoms with Crippen molar-refractivity contribution < 1.29 is 19.4 Å². The van der Waals surface area contributed by atoms with Crippen molar-refractivity contribution in [2.24, 2.45) is 11.7 Å². The summed E-state index contributed by atoms with van der Waals surface area (Å²) in [6.07, 6.45) is 3.57. The summed E-state index contributed by atoms with van der Waals surface area (Å²) >= 11 is 0. The third-order valence-corrected chi connectivity index (χ3v) is 3.80. The molecule has 3 atom stereocenters. The Labute approximate surface area is 128 Å². The minimum absolute atomic E-state index is 0.165. The second-order valence-electron chi connectivity index (χ2n) is 7.23. The first-order valence-corrected chi connectivity index (χ1v) is 7.94. The molecule has 0 bridgehead atoms. The first-order valence-electron chi connectivity index (χ1n) is 7.94. The van der Waals surface area contributed by atoms with E-state index in [1.54, 1.807) is 0 Å². The van der Waals surface area contributed by atoms with Crippen LogP contribution in [0.1, 0.15) is 66.2 Å². The molecule has 5 heteroatoms. The number of esters is 1. The number of aliphatic hydroxyl groups is 1. The standard InChI is InChI=1S/C16H31NO4/c1-5-20-14(19)11-16(17)8-6-7-12(10-16)9-13(18)21-15(2,3)4/h12,14,19H,5-11,17H2,1-4H3. The Bertz CT molecular complexity index is 340. The molecule has 1 saturated carbocycles. The highest BCUT2D eigenvalue weighted by molar-refractivity contribution is 5.70. The summed E-state index contributed by atoms with van der Waals surface area (Å²) < 4.78 is 10.6. The first-order chi connectivity index (χ1) is 9.63. The average Bonchev–Trinajstić information content (AvgIpc) is 2.25. The summed E-state index contributed by atoms with van der Waals surface area (Å²) in [5, 5.41) is 9.79. The fourth-order valence-electron chi connectivity index (χ4n) is 3.10. The lowest BCUT2D eigenvalue weighted by Gasteiger charge is -2.39. The number of rotatable bonds is 6. The second kappa shape index (κ2) is 7.56. The van der Waals surface area contributed by atoms with Gasteiger partial charge in [-0.05, 0) is 52.9 Å². The summed E-state index contributed by atoms with van der Waals surface area (Å²) in [6, 6.07) is 0. The van der Waals surface area contributed by atoms with Gasteiger partial charge >= 0.3 is 5.97 Å². The molecule has 21 heavy (non-hydrogen) atoms. The molecule has 0 aromatic heterocycles. The van der Waals surface area contributed by atoms with Crippen LogP contribution < -0.4 is 5.73 Å². The Morgan fingerprint density at radius 3 is 2.71 bits per heavy atom. The normalized spacial score (nSPS) is 28.2. The average molecular weight is 301 g/mol. The number of aliphatic hydroxyl groups excluding tert-OH is 1. The predicted molar refractivity (Wildman–Crippen MR) is 81.6 cm³/mol. The monoisotopic (exact) mass is 301 g/mol. The zero-order valence-electron chi connectivity index (χ0n) is 13.9. The van der Waals surface area contributed by atoms with Crippen molar-refractivity contribution >= 4 is 5.97 Å². The van der Waals surface area contributed by atoms with Crippen molar-refractivity contribution in [2.45, 2.75) is 83.6 Å². The van der Waals surface area contributed by atoms with E-state index in [0.717, 1.165) is 25.7 Å². The maximum absolute atomic E-state index is 11.9. The summed E-state index contributed by atoms with van der Waals surface area (Å²) in [4.78, 5) is 11.9. The summed E-state index contributed by atoms with van der Waals surface area (Å²) in [5.41, 5.74) is 5.50. The number of carbonyl (C=O) groups is 1. The topological polar surface area (TPSA) is 81.8 Å². The SMILES string of the molecule is CCOC(O)CC1(N)CCCC(CC(=O)OC(C)(C)C)C1. The van der Waals surface area contributed by atoms with Gasteiger partial charge in [0.05, 0.1) is 0 Å². The summed E-state index contributed by atoms with van der Waals surface area (Å²) in [7, 11) is 0. The number of ether oxygens (including phenoxy) is 2. The van der Waals surface area contributed by atoms with E-state index in [4.69, 9.17) is 15.2 Å². The molecule has 3 N–H and O–H groups in total. The fraction of sp³-hybridized carbons (Fsp3) is 0.938. The maximum Gasteiger partial charge on any atom is 0.306 e. The molecule has 1 rings (SSSR count). The minimum atomic E-state index is -0.819. The van der Waals surface area contributed by atoms with Gasteiger partial charge in [-0.15, -0.1) is 0 Å². The number of hydrogen-bond donors (Lipinski definition) is 2. The van der Waals surface area contributed by atoms with E-state index in [-0.39, 0.29) is 11.9 Å². The lowest BCUT2D eigenvalue weighted by molar-refractivity contribution is -0.156. The molecule has 0 aromatic carbocycles. The maximum atomic E-state index is 11.9. The van der Waals surface area contributed by atoms with Gasteiger partial charge in [0, 0.05) is 25.0 Å². The zero-order valence-corrected chi connectivity index (χ0v) is 13.9. The van der Waals surface area contributed by atoms with Crippen molar-refractivity contribution in [3.8, 4) is 0 Å². The van der Waals surface area contributed by atoms with Crippen molar-refractivity contribution in [2.75, 3.05) is 6.61 Å². The van der Waals surface area contributed by atoms with Gasteiger partial charge in [-0.25, -0.2) is 0 Å². The lowest BCUT2D eigenvalue weighted by atomic mass is 9.73. The molecule has 0 radical (unpaired) electrons. The molecular weight excluding hydrogens is 270 g/mol. The Hall–Kier alpha value is -0.650. The van der Waals surface area contributed by atoms with Gasteiger partial charge in [0.1, 0.15) is 5.60 Å². The van der Waals surface area contributed by atoms with Crippen LogP contribution in [0, 0.1) is 5.92 Å². The van der Waals surface area contributed by atoms with Gasteiger partial charge in [0.15, 0.2) is 6.29 Å². The van der Waals surface area contributed by atoms with Crippen molar-refractivity contribution in [1.29, 1.82) is 0 Å². The molecule has 0 heterocycles. The second-order valence-corrected chi connectivity index (χ2v) is 7.23. The van der Waals surface area contributed by atoms with Crippen LogP contribution in [0.25, 0.3) is 0 Å². The first kappa shape index (κ1) is 18.4. The van der Waals surface area contributed by atoms with Crippen LogP contribution in [0.15, 0.2) is 0 Å². The molecule has 0 spiro atoms. The van der Waals surface area contributed by atoms with Crippen LogP contribution in [0.2, 0.25) is 0 Å². The van der Waals surface area contributed by atoms with E-state index < -0.39 is 17.4 Å². The quantitative estimate of drug-likeness (QED) is 0.581. The van der Waals surface area contributed by atoms with E-state index in [2.05, 4.69) is 0 Å². The lowest BCUT2D eigenvalue weighted by Crippen LogP contribution is -2.47. The number of nitrogens with two attached hydrogens (primary N) is 1. The smallest absolute Gasteiger partial charge is 0.306 e. The summed E-state index contributed by atoms with van der Waals surface area (Å²) in [5.74, 6) is 0.0644. The van der Waals surface area contributed by atoms with Crippen LogP contribution in [-0.2, 0) is 14.3 Å². The molecule has 1 fully saturated rings. The minimum Gasteiger partial charge on any atom is -0.460 e. The Morgan fingerprint density at radius 2 is 2.14 bits per heavy atom. The zero-order chi connectivity index (χ0) is 16.1. The van der Waals surface area contributed by atoms with Gasteiger partial charge < -0.3 is 20.3 Å². The molecule has 1 aliphatic carbocycles. The van der Waals surface area contributed by atoms with E-state index in [0.29, 0.717) is 19.4 Å². The van der Waals surface area contributed by atoms with E-state index in [9.17, 15) is 9.90 Å². The molecule has 0 aromatic rings. The molecule has 3 unspecified atom stereocenters. The van der Waals surface area contributed by atoms with E-state index >= 15 is 0 Å². The van der Waals surface area contributed by atoms with Crippen LogP contribution in [-0.4, -0.2) is 35.1 Å². The third-order valence-electron chi connectivity index (χ3n) is 3.80. The fourth-order valence-corrected chi connectivity index (χ4v) is 3.10. The third kappa shape index (κ3) is 7.25.